The lowest BCUT2D eigenvalue weighted by Gasteiger charge is -2.16. The first kappa shape index (κ1) is 20.5. The molecule has 0 radical (unpaired) electrons. The summed E-state index contributed by atoms with van der Waals surface area (Å²) >= 11 is 0. The number of benzene rings is 2. The average Bonchev–Trinajstić information content (AvgIpc) is 2.60. The van der Waals surface area contributed by atoms with Gasteiger partial charge in [-0.25, -0.2) is 0 Å². The Hall–Kier alpha value is -2.80. The number of carbonyl (C=O) groups is 1. The molecule has 2 aromatic rings. The van der Waals surface area contributed by atoms with E-state index in [1.54, 1.807) is 13.1 Å². The lowest BCUT2D eigenvalue weighted by atomic mass is 10.1. The Kier molecular flexibility index (Phi) is 7.01. The van der Waals surface area contributed by atoms with Crippen LogP contribution in [-0.2, 0) is 17.5 Å². The quantitative estimate of drug-likeness (QED) is 0.693. The summed E-state index contributed by atoms with van der Waals surface area (Å²) in [6.45, 7) is 4.60. The second kappa shape index (κ2) is 9.23. The summed E-state index contributed by atoms with van der Waals surface area (Å²) in [6, 6.07) is 12.4. The molecule has 144 valence electrons. The van der Waals surface area contributed by atoms with Gasteiger partial charge < -0.3 is 15.0 Å². The minimum Gasteiger partial charge on any atom is -0.490 e. The molecule has 0 heterocycles. The highest BCUT2D eigenvalue weighted by atomic mass is 19.4. The van der Waals surface area contributed by atoms with Crippen molar-refractivity contribution in [1.82, 2.24) is 0 Å². The highest BCUT2D eigenvalue weighted by Gasteiger charge is 2.33. The van der Waals surface area contributed by atoms with Crippen molar-refractivity contribution in [2.75, 3.05) is 25.5 Å². The molecule has 1 atom stereocenters. The number of hydrogen-bond donors (Lipinski definition) is 2. The van der Waals surface area contributed by atoms with Gasteiger partial charge in [-0.2, -0.15) is 13.2 Å². The molecule has 4 nitrogen and oxygen atoms in total. The van der Waals surface area contributed by atoms with Crippen LogP contribution >= 0.6 is 0 Å². The van der Waals surface area contributed by atoms with E-state index in [2.05, 4.69) is 11.9 Å². The van der Waals surface area contributed by atoms with Crippen molar-refractivity contribution in [3.05, 3.63) is 72.3 Å². The van der Waals surface area contributed by atoms with Crippen LogP contribution in [0.4, 0.5) is 18.9 Å². The van der Waals surface area contributed by atoms with Crippen molar-refractivity contribution in [2.24, 2.45) is 0 Å². The number of carbonyl (C=O) groups excluding carboxylic acids is 1. The van der Waals surface area contributed by atoms with Crippen LogP contribution in [0.25, 0.3) is 0 Å². The third-order valence-corrected chi connectivity index (χ3v) is 3.77. The number of ether oxygens (including phenoxy) is 1. The minimum absolute atomic E-state index is 0.0426. The maximum absolute atomic E-state index is 13.0. The highest BCUT2D eigenvalue weighted by molar-refractivity contribution is 5.92. The molecule has 0 saturated carbocycles. The summed E-state index contributed by atoms with van der Waals surface area (Å²) in [5.74, 6) is 0.243. The van der Waals surface area contributed by atoms with Crippen LogP contribution < -0.4 is 15.0 Å². The van der Waals surface area contributed by atoms with Gasteiger partial charge in [0.2, 0.25) is 0 Å². The molecule has 0 fully saturated rings. The van der Waals surface area contributed by atoms with E-state index in [0.717, 1.165) is 22.3 Å². The molecule has 0 aromatic heterocycles. The fourth-order valence-corrected chi connectivity index (χ4v) is 2.58. The van der Waals surface area contributed by atoms with Gasteiger partial charge in [0.05, 0.1) is 18.3 Å². The number of hydrogen-bond acceptors (Lipinski definition) is 2. The second-order valence-electron chi connectivity index (χ2n) is 6.15. The number of halogens is 3. The smallest absolute Gasteiger partial charge is 0.418 e. The molecule has 0 aliphatic heterocycles. The Labute approximate surface area is 156 Å². The predicted octanol–water partition coefficient (Wildman–Crippen LogP) is 2.92. The second-order valence-corrected chi connectivity index (χ2v) is 6.15. The first-order valence-corrected chi connectivity index (χ1v) is 8.39. The van der Waals surface area contributed by atoms with Gasteiger partial charge in [0.1, 0.15) is 18.9 Å². The Bertz CT molecular complexity index is 774. The van der Waals surface area contributed by atoms with Crippen LogP contribution in [0.2, 0.25) is 0 Å². The van der Waals surface area contributed by atoms with Crippen LogP contribution in [0, 0.1) is 0 Å². The molecule has 0 aliphatic carbocycles. The van der Waals surface area contributed by atoms with Gasteiger partial charge in [-0.05, 0) is 36.4 Å². The Morgan fingerprint density at radius 2 is 1.85 bits per heavy atom. The van der Waals surface area contributed by atoms with Gasteiger partial charge in [-0.15, -0.1) is 0 Å². The van der Waals surface area contributed by atoms with Crippen molar-refractivity contribution in [1.29, 1.82) is 0 Å². The molecule has 2 aromatic carbocycles. The lowest BCUT2D eigenvalue weighted by Crippen LogP contribution is -3.08. The third-order valence-electron chi connectivity index (χ3n) is 3.77. The molecular formula is C20H22F3N2O2+. The van der Waals surface area contributed by atoms with Crippen molar-refractivity contribution in [3.63, 3.8) is 0 Å². The van der Waals surface area contributed by atoms with Crippen LogP contribution in [0.5, 0.6) is 5.75 Å². The average molecular weight is 379 g/mol. The van der Waals surface area contributed by atoms with E-state index in [9.17, 15) is 18.0 Å². The molecule has 0 aliphatic rings. The molecular weight excluding hydrogens is 357 g/mol. The summed E-state index contributed by atoms with van der Waals surface area (Å²) < 4.78 is 44.4. The standard InChI is InChI=1S/C20H21F3N2O2/c1-3-12-27-16-10-8-15(9-11-16)13-25(2)14-19(26)24-18-7-5-4-6-17(18)20(21,22)23/h3-11H,1,12-14H2,2H3,(H,24,26)/p+1. The number of nitrogens with one attached hydrogen (secondary N) is 2. The van der Waals surface area contributed by atoms with E-state index in [1.807, 2.05) is 24.3 Å². The summed E-state index contributed by atoms with van der Waals surface area (Å²) in [6.07, 6.45) is -2.86. The molecule has 7 heteroatoms. The van der Waals surface area contributed by atoms with E-state index in [4.69, 9.17) is 4.74 Å². The van der Waals surface area contributed by atoms with Gasteiger partial charge in [0.15, 0.2) is 6.54 Å². The van der Waals surface area contributed by atoms with Crippen molar-refractivity contribution < 1.29 is 27.6 Å². The number of anilines is 1. The third kappa shape index (κ3) is 6.45. The van der Waals surface area contributed by atoms with E-state index in [-0.39, 0.29) is 12.2 Å². The highest BCUT2D eigenvalue weighted by Crippen LogP contribution is 2.34. The van der Waals surface area contributed by atoms with E-state index in [1.165, 1.54) is 18.2 Å². The number of likely N-dealkylation sites (N-methyl/N-ethyl adjacent to an activating group) is 1. The molecule has 0 saturated heterocycles. The zero-order chi connectivity index (χ0) is 19.9. The Balaban J connectivity index is 1.92. The molecule has 27 heavy (non-hydrogen) atoms. The van der Waals surface area contributed by atoms with Gasteiger partial charge in [0.25, 0.3) is 5.91 Å². The Morgan fingerprint density at radius 1 is 1.19 bits per heavy atom. The molecule has 1 amide bonds. The van der Waals surface area contributed by atoms with Crippen molar-refractivity contribution >= 4 is 11.6 Å². The van der Waals surface area contributed by atoms with Crippen LogP contribution in [0.3, 0.4) is 0 Å². The summed E-state index contributed by atoms with van der Waals surface area (Å²) in [7, 11) is 1.80. The minimum atomic E-state index is -4.52. The Morgan fingerprint density at radius 3 is 2.48 bits per heavy atom. The molecule has 2 N–H and O–H groups in total. The number of amides is 1. The lowest BCUT2D eigenvalue weighted by molar-refractivity contribution is -0.885. The summed E-state index contributed by atoms with van der Waals surface area (Å²) in [5, 5.41) is 2.36. The topological polar surface area (TPSA) is 42.8 Å². The number of alkyl halides is 3. The SMILES string of the molecule is C=CCOc1ccc(C[NH+](C)CC(=O)Nc2ccccc2C(F)(F)F)cc1. The summed E-state index contributed by atoms with van der Waals surface area (Å²) in [5.41, 5.74) is -0.0976. The monoisotopic (exact) mass is 379 g/mol. The van der Waals surface area contributed by atoms with Gasteiger partial charge in [-0.3, -0.25) is 4.79 Å². The molecule has 0 spiro atoms. The van der Waals surface area contributed by atoms with Crippen molar-refractivity contribution in [2.45, 2.75) is 12.7 Å². The summed E-state index contributed by atoms with van der Waals surface area (Å²) in [4.78, 5) is 13.0. The van der Waals surface area contributed by atoms with Crippen LogP contribution in [-0.4, -0.2) is 26.1 Å². The first-order chi connectivity index (χ1) is 12.8. The van der Waals surface area contributed by atoms with Crippen LogP contribution in [0.15, 0.2) is 61.2 Å². The molecule has 1 unspecified atom stereocenters. The molecule has 0 bridgehead atoms. The zero-order valence-electron chi connectivity index (χ0n) is 15.0. The fourth-order valence-electron chi connectivity index (χ4n) is 2.58. The zero-order valence-corrected chi connectivity index (χ0v) is 15.0. The van der Waals surface area contributed by atoms with Gasteiger partial charge >= 0.3 is 6.18 Å². The van der Waals surface area contributed by atoms with Crippen molar-refractivity contribution in [3.8, 4) is 5.75 Å². The number of quaternary nitrogens is 1. The fraction of sp³-hybridized carbons (Fsp3) is 0.250. The number of rotatable bonds is 8. The van der Waals surface area contributed by atoms with Gasteiger partial charge in [-0.1, -0.05) is 24.8 Å². The van der Waals surface area contributed by atoms with E-state index >= 15 is 0 Å². The maximum atomic E-state index is 13.0. The largest absolute Gasteiger partial charge is 0.490 e. The van der Waals surface area contributed by atoms with E-state index < -0.39 is 17.6 Å². The first-order valence-electron chi connectivity index (χ1n) is 8.39. The van der Waals surface area contributed by atoms with Crippen LogP contribution in [0.1, 0.15) is 11.1 Å². The molecule has 2 rings (SSSR count). The number of para-hydroxylation sites is 1. The van der Waals surface area contributed by atoms with Gasteiger partial charge in [0, 0.05) is 5.56 Å². The maximum Gasteiger partial charge on any atom is 0.418 e. The van der Waals surface area contributed by atoms with E-state index in [0.29, 0.717) is 13.2 Å². The predicted molar refractivity (Wildman–Crippen MR) is 97.7 cm³/mol. The normalized spacial score (nSPS) is 12.3.